The molecule has 4 aromatic carbocycles. The molecule has 0 aliphatic rings. The van der Waals surface area contributed by atoms with Crippen LogP contribution in [0.1, 0.15) is 16.7 Å². The van der Waals surface area contributed by atoms with Crippen LogP contribution in [0, 0.1) is 7.14 Å². The third-order valence-electron chi connectivity index (χ3n) is 4.95. The monoisotopic (exact) mass is 680 g/mol. The third-order valence-corrected chi connectivity index (χ3v) is 6.81. The van der Waals surface area contributed by atoms with E-state index in [1.807, 2.05) is 78.9 Å². The first-order valence-corrected chi connectivity index (χ1v) is 12.7. The van der Waals surface area contributed by atoms with E-state index in [2.05, 4.69) is 55.7 Å². The molecular weight excluding hydrogens is 662 g/mol. The number of halogens is 3. The van der Waals surface area contributed by atoms with E-state index in [9.17, 15) is 4.79 Å². The van der Waals surface area contributed by atoms with E-state index in [4.69, 9.17) is 16.3 Å². The molecule has 0 fully saturated rings. The van der Waals surface area contributed by atoms with E-state index in [0.29, 0.717) is 11.6 Å². The van der Waals surface area contributed by atoms with Crippen molar-refractivity contribution in [2.75, 3.05) is 0 Å². The summed E-state index contributed by atoms with van der Waals surface area (Å²) < 4.78 is 7.96. The van der Waals surface area contributed by atoms with E-state index in [0.717, 1.165) is 40.4 Å². The summed E-state index contributed by atoms with van der Waals surface area (Å²) in [6.07, 6.45) is 1.92. The predicted molar refractivity (Wildman–Crippen MR) is 151 cm³/mol. The Kier molecular flexibility index (Phi) is 8.21. The molecule has 0 heterocycles. The predicted octanol–water partition coefficient (Wildman–Crippen LogP) is 6.97. The van der Waals surface area contributed by atoms with E-state index in [1.165, 1.54) is 0 Å². The van der Waals surface area contributed by atoms with Crippen LogP contribution >= 0.6 is 56.8 Å². The molecule has 0 radical (unpaired) electrons. The van der Waals surface area contributed by atoms with Crippen molar-refractivity contribution in [2.45, 2.75) is 13.0 Å². The van der Waals surface area contributed by atoms with Crippen molar-refractivity contribution < 1.29 is 9.53 Å². The van der Waals surface area contributed by atoms with Crippen molar-refractivity contribution in [1.29, 1.82) is 0 Å². The molecule has 0 atom stereocenters. The van der Waals surface area contributed by atoms with Gasteiger partial charge in [-0.05, 0) is 96.9 Å². The zero-order chi connectivity index (χ0) is 23.2. The molecule has 1 N–H and O–H groups in total. The van der Waals surface area contributed by atoms with Crippen molar-refractivity contribution in [3.63, 3.8) is 0 Å². The Hall–Kier alpha value is -2.17. The van der Waals surface area contributed by atoms with Crippen LogP contribution in [0.15, 0.2) is 84.0 Å². The van der Waals surface area contributed by atoms with Gasteiger partial charge in [-0.1, -0.05) is 66.2 Å². The van der Waals surface area contributed by atoms with Gasteiger partial charge < -0.3 is 4.74 Å². The minimum atomic E-state index is -0.157. The quantitative estimate of drug-likeness (QED) is 0.130. The second-order valence-electron chi connectivity index (χ2n) is 7.34. The molecule has 4 nitrogen and oxygen atoms in total. The van der Waals surface area contributed by atoms with Gasteiger partial charge in [-0.15, -0.1) is 0 Å². The molecule has 166 valence electrons. The SMILES string of the molecule is O=C(Cc1cccc2ccccc12)N/N=C\c1cc(I)c(OCc2ccc(Cl)cc2)c(I)c1. The van der Waals surface area contributed by atoms with Crippen LogP contribution in [-0.4, -0.2) is 12.1 Å². The summed E-state index contributed by atoms with van der Waals surface area (Å²) in [7, 11) is 0. The highest BCUT2D eigenvalue weighted by atomic mass is 127. The number of nitrogens with one attached hydrogen (secondary N) is 1. The fourth-order valence-corrected chi connectivity index (χ4v) is 5.62. The summed E-state index contributed by atoms with van der Waals surface area (Å²) in [6, 6.07) is 25.6. The lowest BCUT2D eigenvalue weighted by Crippen LogP contribution is -2.19. The second kappa shape index (κ2) is 11.3. The average molecular weight is 681 g/mol. The lowest BCUT2D eigenvalue weighted by Gasteiger charge is -2.11. The van der Waals surface area contributed by atoms with E-state index < -0.39 is 0 Å². The molecule has 4 aromatic rings. The van der Waals surface area contributed by atoms with Gasteiger partial charge in [0.05, 0.1) is 19.8 Å². The van der Waals surface area contributed by atoms with Crippen LogP contribution in [0.5, 0.6) is 5.75 Å². The summed E-state index contributed by atoms with van der Waals surface area (Å²) >= 11 is 10.4. The lowest BCUT2D eigenvalue weighted by molar-refractivity contribution is -0.120. The lowest BCUT2D eigenvalue weighted by atomic mass is 10.0. The molecule has 4 rings (SSSR count). The second-order valence-corrected chi connectivity index (χ2v) is 10.1. The van der Waals surface area contributed by atoms with Crippen molar-refractivity contribution in [3.8, 4) is 5.75 Å². The summed E-state index contributed by atoms with van der Waals surface area (Å²) in [5, 5.41) is 7.05. The molecule has 0 aliphatic carbocycles. The first kappa shape index (κ1) is 24.0. The Morgan fingerprint density at radius 3 is 2.42 bits per heavy atom. The van der Waals surface area contributed by atoms with Crippen LogP contribution < -0.4 is 10.2 Å². The summed E-state index contributed by atoms with van der Waals surface area (Å²) in [5.41, 5.74) is 5.54. The van der Waals surface area contributed by atoms with E-state index in [1.54, 1.807) is 6.21 Å². The number of rotatable bonds is 7. The maximum atomic E-state index is 12.4. The van der Waals surface area contributed by atoms with Crippen LogP contribution in [0.2, 0.25) is 5.02 Å². The number of fused-ring (bicyclic) bond motifs is 1. The first-order valence-electron chi connectivity index (χ1n) is 10.1. The maximum Gasteiger partial charge on any atom is 0.244 e. The number of ether oxygens (including phenoxy) is 1. The van der Waals surface area contributed by atoms with Gasteiger partial charge in [0.15, 0.2) is 0 Å². The molecule has 33 heavy (non-hydrogen) atoms. The highest BCUT2D eigenvalue weighted by molar-refractivity contribution is 14.1. The molecule has 0 bridgehead atoms. The van der Waals surface area contributed by atoms with Gasteiger partial charge in [-0.25, -0.2) is 5.43 Å². The third kappa shape index (κ3) is 6.45. The number of amides is 1. The van der Waals surface area contributed by atoms with Crippen molar-refractivity contribution >= 4 is 79.7 Å². The highest BCUT2D eigenvalue weighted by Gasteiger charge is 2.10. The highest BCUT2D eigenvalue weighted by Crippen LogP contribution is 2.29. The first-order chi connectivity index (χ1) is 16.0. The molecular formula is C26H19ClI2N2O2. The standard InChI is InChI=1S/C26H19ClI2N2O2/c27-21-10-8-17(9-11-21)16-33-26-23(28)12-18(13-24(26)29)15-30-31-25(32)14-20-6-3-5-19-4-1-2-7-22(19)20/h1-13,15H,14,16H2,(H,31,32)/b30-15-. The largest absolute Gasteiger partial charge is 0.487 e. The minimum Gasteiger partial charge on any atom is -0.487 e. The smallest absolute Gasteiger partial charge is 0.244 e. The van der Waals surface area contributed by atoms with Gasteiger partial charge in [0.25, 0.3) is 0 Å². The molecule has 1 amide bonds. The zero-order valence-electron chi connectivity index (χ0n) is 17.4. The number of benzene rings is 4. The Morgan fingerprint density at radius 2 is 1.67 bits per heavy atom. The zero-order valence-corrected chi connectivity index (χ0v) is 22.5. The van der Waals surface area contributed by atoms with Crippen LogP contribution in [0.3, 0.4) is 0 Å². The minimum absolute atomic E-state index is 0.157. The fourth-order valence-electron chi connectivity index (χ4n) is 3.37. The van der Waals surface area contributed by atoms with Crippen molar-refractivity contribution in [2.24, 2.45) is 5.10 Å². The number of hydrazone groups is 1. The molecule has 0 aliphatic heterocycles. The molecule has 0 saturated carbocycles. The average Bonchev–Trinajstić information content (AvgIpc) is 2.80. The summed E-state index contributed by atoms with van der Waals surface area (Å²) in [4.78, 5) is 12.4. The summed E-state index contributed by atoms with van der Waals surface area (Å²) in [6.45, 7) is 0.459. The Morgan fingerprint density at radius 1 is 0.970 bits per heavy atom. The number of carbonyl (C=O) groups is 1. The normalized spacial score (nSPS) is 11.1. The molecule has 0 saturated heterocycles. The van der Waals surface area contributed by atoms with Crippen LogP contribution in [0.4, 0.5) is 0 Å². The van der Waals surface area contributed by atoms with Crippen molar-refractivity contribution in [3.05, 3.63) is 108 Å². The van der Waals surface area contributed by atoms with Gasteiger partial charge in [0.2, 0.25) is 5.91 Å². The number of hydrogen-bond donors (Lipinski definition) is 1. The molecule has 0 unspecified atom stereocenters. The number of nitrogens with zero attached hydrogens (tertiary/aromatic N) is 1. The Bertz CT molecular complexity index is 1300. The molecule has 0 aromatic heterocycles. The van der Waals surface area contributed by atoms with Gasteiger partial charge in [0.1, 0.15) is 12.4 Å². The van der Waals surface area contributed by atoms with E-state index >= 15 is 0 Å². The number of carbonyl (C=O) groups excluding carboxylic acids is 1. The maximum absolute atomic E-state index is 12.4. The van der Waals surface area contributed by atoms with Gasteiger partial charge in [0, 0.05) is 5.02 Å². The topological polar surface area (TPSA) is 50.7 Å². The summed E-state index contributed by atoms with van der Waals surface area (Å²) in [5.74, 6) is 0.665. The Balaban J connectivity index is 1.37. The van der Waals surface area contributed by atoms with E-state index in [-0.39, 0.29) is 12.3 Å². The van der Waals surface area contributed by atoms with Crippen LogP contribution in [-0.2, 0) is 17.8 Å². The van der Waals surface area contributed by atoms with Gasteiger partial charge >= 0.3 is 0 Å². The Labute approximate surface area is 224 Å². The molecule has 0 spiro atoms. The molecule has 7 heteroatoms. The van der Waals surface area contributed by atoms with Crippen molar-refractivity contribution in [1.82, 2.24) is 5.43 Å². The van der Waals surface area contributed by atoms with Crippen LogP contribution in [0.25, 0.3) is 10.8 Å². The van der Waals surface area contributed by atoms with Gasteiger partial charge in [-0.3, -0.25) is 4.79 Å². The number of hydrogen-bond acceptors (Lipinski definition) is 3. The van der Waals surface area contributed by atoms with Gasteiger partial charge in [-0.2, -0.15) is 5.10 Å². The fraction of sp³-hybridized carbons (Fsp3) is 0.0769.